The molecule has 0 fully saturated rings. The van der Waals surface area contributed by atoms with Crippen molar-refractivity contribution in [2.75, 3.05) is 7.11 Å². The highest BCUT2D eigenvalue weighted by molar-refractivity contribution is 7.17. The molecule has 0 aromatic carbocycles. The molecule has 2 aromatic rings. The highest BCUT2D eigenvalue weighted by Crippen LogP contribution is 2.29. The van der Waals surface area contributed by atoms with Crippen LogP contribution in [0.3, 0.4) is 0 Å². The molecule has 18 heavy (non-hydrogen) atoms. The van der Waals surface area contributed by atoms with Crippen molar-refractivity contribution in [3.63, 3.8) is 0 Å². The van der Waals surface area contributed by atoms with E-state index in [4.69, 9.17) is 9.84 Å². The minimum Gasteiger partial charge on any atom is -0.477 e. The first-order chi connectivity index (χ1) is 8.63. The molecule has 0 saturated carbocycles. The normalized spacial score (nSPS) is 10.6. The van der Waals surface area contributed by atoms with Gasteiger partial charge in [-0.3, -0.25) is 4.98 Å². The fourth-order valence-electron chi connectivity index (χ4n) is 1.42. The largest absolute Gasteiger partial charge is 0.477 e. The van der Waals surface area contributed by atoms with Crippen LogP contribution in [0.1, 0.15) is 15.4 Å². The highest BCUT2D eigenvalue weighted by atomic mass is 32.1. The molecule has 0 aliphatic rings. The SMILES string of the molecule is COCc1nc(-c2ccncc2F)sc1C(=O)O. The smallest absolute Gasteiger partial charge is 0.347 e. The summed E-state index contributed by atoms with van der Waals surface area (Å²) in [6, 6.07) is 1.45. The van der Waals surface area contributed by atoms with Gasteiger partial charge in [0.05, 0.1) is 18.5 Å². The zero-order chi connectivity index (χ0) is 13.1. The molecule has 7 heteroatoms. The molecule has 94 valence electrons. The minimum atomic E-state index is -1.10. The molecule has 0 radical (unpaired) electrons. The van der Waals surface area contributed by atoms with Gasteiger partial charge in [-0.2, -0.15) is 0 Å². The maximum atomic E-state index is 13.5. The van der Waals surface area contributed by atoms with Gasteiger partial charge >= 0.3 is 5.97 Å². The second kappa shape index (κ2) is 5.19. The number of aromatic nitrogens is 2. The summed E-state index contributed by atoms with van der Waals surface area (Å²) in [6.07, 6.45) is 2.49. The Bertz CT molecular complexity index is 585. The summed E-state index contributed by atoms with van der Waals surface area (Å²) in [6.45, 7) is 0.0742. The summed E-state index contributed by atoms with van der Waals surface area (Å²) in [7, 11) is 1.44. The van der Waals surface area contributed by atoms with Gasteiger partial charge in [-0.25, -0.2) is 14.2 Å². The summed E-state index contributed by atoms with van der Waals surface area (Å²) in [5.74, 6) is -1.63. The Hall–Kier alpha value is -1.86. The molecular formula is C11H9FN2O3S. The summed E-state index contributed by atoms with van der Waals surface area (Å²) < 4.78 is 18.4. The molecule has 0 unspecified atom stereocenters. The van der Waals surface area contributed by atoms with Crippen LogP contribution in [0.4, 0.5) is 4.39 Å². The van der Waals surface area contributed by atoms with Crippen molar-refractivity contribution in [3.8, 4) is 10.6 Å². The molecule has 2 rings (SSSR count). The molecule has 1 N–H and O–H groups in total. The van der Waals surface area contributed by atoms with E-state index in [1.165, 1.54) is 19.4 Å². The lowest BCUT2D eigenvalue weighted by Crippen LogP contribution is -1.99. The lowest BCUT2D eigenvalue weighted by atomic mass is 10.3. The third-order valence-electron chi connectivity index (χ3n) is 2.18. The van der Waals surface area contributed by atoms with Crippen LogP contribution in [0, 0.1) is 5.82 Å². The Morgan fingerprint density at radius 2 is 2.39 bits per heavy atom. The Labute approximate surface area is 106 Å². The molecule has 2 aromatic heterocycles. The van der Waals surface area contributed by atoms with Crippen molar-refractivity contribution < 1.29 is 19.0 Å². The Morgan fingerprint density at radius 3 is 3.00 bits per heavy atom. The monoisotopic (exact) mass is 268 g/mol. The van der Waals surface area contributed by atoms with E-state index in [-0.39, 0.29) is 17.0 Å². The number of hydrogen-bond donors (Lipinski definition) is 1. The van der Waals surface area contributed by atoms with E-state index in [1.54, 1.807) is 0 Å². The van der Waals surface area contributed by atoms with E-state index >= 15 is 0 Å². The first-order valence-corrected chi connectivity index (χ1v) is 5.77. The molecule has 2 heterocycles. The number of carboxylic acids is 1. The van der Waals surface area contributed by atoms with Crippen LogP contribution in [0.15, 0.2) is 18.5 Å². The van der Waals surface area contributed by atoms with Gasteiger partial charge in [-0.15, -0.1) is 11.3 Å². The first-order valence-electron chi connectivity index (χ1n) is 4.95. The van der Waals surface area contributed by atoms with Gasteiger partial charge in [0.1, 0.15) is 9.88 Å². The summed E-state index contributed by atoms with van der Waals surface area (Å²) >= 11 is 0.916. The van der Waals surface area contributed by atoms with E-state index in [2.05, 4.69) is 9.97 Å². The fourth-order valence-corrected chi connectivity index (χ4v) is 2.35. The molecule has 0 amide bonds. The zero-order valence-electron chi connectivity index (χ0n) is 9.38. The number of carboxylic acid groups (broad SMARTS) is 1. The number of hydrogen-bond acceptors (Lipinski definition) is 5. The Morgan fingerprint density at radius 1 is 1.61 bits per heavy atom. The number of nitrogens with zero attached hydrogens (tertiary/aromatic N) is 2. The van der Waals surface area contributed by atoms with Crippen LogP contribution in [0.5, 0.6) is 0 Å². The van der Waals surface area contributed by atoms with Crippen LogP contribution in [0.2, 0.25) is 0 Å². The molecule has 0 aliphatic heterocycles. The number of thiazole rings is 1. The average molecular weight is 268 g/mol. The van der Waals surface area contributed by atoms with Crippen molar-refractivity contribution >= 4 is 17.3 Å². The maximum Gasteiger partial charge on any atom is 0.347 e. The van der Waals surface area contributed by atoms with Crippen LogP contribution in [-0.2, 0) is 11.3 Å². The third-order valence-corrected chi connectivity index (χ3v) is 3.29. The molecule has 0 spiro atoms. The number of rotatable bonds is 4. The van der Waals surface area contributed by atoms with E-state index in [9.17, 15) is 9.18 Å². The van der Waals surface area contributed by atoms with Crippen LogP contribution >= 0.6 is 11.3 Å². The predicted octanol–water partition coefficient (Wildman–Crippen LogP) is 2.19. The Balaban J connectivity index is 2.50. The van der Waals surface area contributed by atoms with E-state index in [0.29, 0.717) is 10.7 Å². The van der Waals surface area contributed by atoms with Gasteiger partial charge in [0.2, 0.25) is 0 Å². The zero-order valence-corrected chi connectivity index (χ0v) is 10.2. The number of methoxy groups -OCH3 is 1. The van der Waals surface area contributed by atoms with Gasteiger partial charge in [0, 0.05) is 18.9 Å². The van der Waals surface area contributed by atoms with Crippen molar-refractivity contribution in [2.24, 2.45) is 0 Å². The van der Waals surface area contributed by atoms with Gasteiger partial charge in [-0.05, 0) is 6.07 Å². The topological polar surface area (TPSA) is 72.3 Å². The molecule has 0 atom stereocenters. The second-order valence-electron chi connectivity index (χ2n) is 3.39. The van der Waals surface area contributed by atoms with Crippen molar-refractivity contribution in [2.45, 2.75) is 6.61 Å². The Kier molecular flexibility index (Phi) is 3.63. The van der Waals surface area contributed by atoms with Gasteiger partial charge in [0.25, 0.3) is 0 Å². The van der Waals surface area contributed by atoms with Crippen molar-refractivity contribution in [1.82, 2.24) is 9.97 Å². The third kappa shape index (κ3) is 2.36. The van der Waals surface area contributed by atoms with Crippen LogP contribution < -0.4 is 0 Å². The number of pyridine rings is 1. The lowest BCUT2D eigenvalue weighted by Gasteiger charge is -1.96. The maximum absolute atomic E-state index is 13.5. The minimum absolute atomic E-state index is 0.0584. The van der Waals surface area contributed by atoms with E-state index in [0.717, 1.165) is 17.5 Å². The fraction of sp³-hybridized carbons (Fsp3) is 0.182. The van der Waals surface area contributed by atoms with Crippen LogP contribution in [0.25, 0.3) is 10.6 Å². The highest BCUT2D eigenvalue weighted by Gasteiger charge is 2.19. The summed E-state index contributed by atoms with van der Waals surface area (Å²) in [4.78, 5) is 18.8. The second-order valence-corrected chi connectivity index (χ2v) is 4.39. The van der Waals surface area contributed by atoms with Crippen molar-refractivity contribution in [3.05, 3.63) is 34.8 Å². The number of ether oxygens (including phenoxy) is 1. The predicted molar refractivity (Wildman–Crippen MR) is 63.0 cm³/mol. The van der Waals surface area contributed by atoms with Gasteiger partial charge in [-0.1, -0.05) is 0 Å². The molecule has 0 bridgehead atoms. The molecular weight excluding hydrogens is 259 g/mol. The van der Waals surface area contributed by atoms with E-state index in [1.807, 2.05) is 0 Å². The first kappa shape index (κ1) is 12.6. The quantitative estimate of drug-likeness (QED) is 0.920. The number of halogens is 1. The van der Waals surface area contributed by atoms with Gasteiger partial charge < -0.3 is 9.84 Å². The lowest BCUT2D eigenvalue weighted by molar-refractivity contribution is 0.0697. The van der Waals surface area contributed by atoms with Crippen LogP contribution in [-0.4, -0.2) is 28.2 Å². The summed E-state index contributed by atoms with van der Waals surface area (Å²) in [5, 5.41) is 9.34. The summed E-state index contributed by atoms with van der Waals surface area (Å²) in [5.41, 5.74) is 0.529. The molecule has 0 aliphatic carbocycles. The van der Waals surface area contributed by atoms with E-state index < -0.39 is 11.8 Å². The molecule has 0 saturated heterocycles. The molecule has 5 nitrogen and oxygen atoms in total. The number of aromatic carboxylic acids is 1. The van der Waals surface area contributed by atoms with Crippen molar-refractivity contribution in [1.29, 1.82) is 0 Å². The van der Waals surface area contributed by atoms with Gasteiger partial charge in [0.15, 0.2) is 5.82 Å². The number of carbonyl (C=O) groups is 1. The average Bonchev–Trinajstić information content (AvgIpc) is 2.74. The standard InChI is InChI=1S/C11H9FN2O3S/c1-17-5-8-9(11(15)16)18-10(14-8)6-2-3-13-4-7(6)12/h2-4H,5H2,1H3,(H,15,16).